The fourth-order valence-electron chi connectivity index (χ4n) is 2.62. The second-order valence-corrected chi connectivity index (χ2v) is 5.84. The third-order valence-corrected chi connectivity index (χ3v) is 4.51. The minimum atomic E-state index is -1.09. The maximum Gasteiger partial charge on any atom is 0.211 e. The molecule has 2 N–H and O–H groups in total. The Balaban J connectivity index is 3.52. The lowest BCUT2D eigenvalue weighted by atomic mass is 9.67. The molecule has 0 spiro atoms. The van der Waals surface area contributed by atoms with Gasteiger partial charge >= 0.3 is 0 Å². The van der Waals surface area contributed by atoms with E-state index in [0.717, 1.165) is 6.42 Å². The van der Waals surface area contributed by atoms with Gasteiger partial charge in [0.15, 0.2) is 11.5 Å². The van der Waals surface area contributed by atoms with E-state index in [9.17, 15) is 9.59 Å². The van der Waals surface area contributed by atoms with Crippen LogP contribution in [0.25, 0.3) is 0 Å². The maximum atomic E-state index is 12.9. The summed E-state index contributed by atoms with van der Waals surface area (Å²) >= 11 is 0. The Bertz CT molecular complexity index is 507. The van der Waals surface area contributed by atoms with Crippen LogP contribution in [0, 0.1) is 11.3 Å². The Morgan fingerprint density at radius 2 is 1.95 bits per heavy atom. The highest BCUT2D eigenvalue weighted by Crippen LogP contribution is 2.42. The number of aliphatic hydroxyl groups is 1. The minimum absolute atomic E-state index is 0.0263. The molecular formula is C17H27NO4. The smallest absolute Gasteiger partial charge is 0.211 e. The number of nitrogens with one attached hydrogen (secondary N) is 1. The summed E-state index contributed by atoms with van der Waals surface area (Å²) in [5.41, 5.74) is 0.0645. The summed E-state index contributed by atoms with van der Waals surface area (Å²) in [4.78, 5) is 25.6. The Hall–Kier alpha value is -1.62. The molecule has 1 rings (SSSR count). The number of ketones is 2. The van der Waals surface area contributed by atoms with E-state index >= 15 is 0 Å². The monoisotopic (exact) mass is 309 g/mol. The van der Waals surface area contributed by atoms with Gasteiger partial charge in [0.25, 0.3) is 0 Å². The summed E-state index contributed by atoms with van der Waals surface area (Å²) in [6.07, 6.45) is 2.82. The molecule has 0 saturated heterocycles. The van der Waals surface area contributed by atoms with Crippen LogP contribution in [0.2, 0.25) is 0 Å². The van der Waals surface area contributed by atoms with Crippen LogP contribution in [0.5, 0.6) is 0 Å². The fourth-order valence-corrected chi connectivity index (χ4v) is 2.62. The zero-order valence-corrected chi connectivity index (χ0v) is 14.2. The second-order valence-electron chi connectivity index (χ2n) is 5.84. The molecule has 1 aliphatic carbocycles. The number of methoxy groups -OCH3 is 1. The van der Waals surface area contributed by atoms with Crippen molar-refractivity contribution >= 4 is 11.6 Å². The largest absolute Gasteiger partial charge is 0.493 e. The van der Waals surface area contributed by atoms with E-state index < -0.39 is 5.41 Å². The molecule has 0 saturated carbocycles. The lowest BCUT2D eigenvalue weighted by Gasteiger charge is -2.35. The van der Waals surface area contributed by atoms with Gasteiger partial charge in [-0.1, -0.05) is 20.8 Å². The molecule has 0 amide bonds. The van der Waals surface area contributed by atoms with Crippen LogP contribution in [0.1, 0.15) is 40.5 Å². The highest BCUT2D eigenvalue weighted by atomic mass is 16.5. The lowest BCUT2D eigenvalue weighted by Crippen LogP contribution is -2.44. The van der Waals surface area contributed by atoms with Crippen molar-refractivity contribution in [3.05, 3.63) is 23.1 Å². The van der Waals surface area contributed by atoms with E-state index in [2.05, 4.69) is 5.32 Å². The van der Waals surface area contributed by atoms with Crippen molar-refractivity contribution in [2.24, 2.45) is 11.3 Å². The number of aliphatic hydroxyl groups excluding tert-OH is 1. The summed E-state index contributed by atoms with van der Waals surface area (Å²) in [6, 6.07) is 0. The first kappa shape index (κ1) is 18.4. The molecule has 5 nitrogen and oxygen atoms in total. The second kappa shape index (κ2) is 7.58. The molecule has 0 bridgehead atoms. The molecule has 1 aliphatic rings. The first-order valence-corrected chi connectivity index (χ1v) is 7.81. The van der Waals surface area contributed by atoms with Gasteiger partial charge in [0, 0.05) is 23.9 Å². The van der Waals surface area contributed by atoms with Crippen LogP contribution in [0.15, 0.2) is 23.1 Å². The molecule has 0 heterocycles. The molecule has 5 heteroatoms. The molecule has 0 aliphatic heterocycles. The van der Waals surface area contributed by atoms with E-state index in [-0.39, 0.29) is 29.9 Å². The SMILES string of the molecule is CC[C@H](C)C1=C(OC)C(=O)[C@](C)(CC)C(=O)/C1=C\NCCO. The van der Waals surface area contributed by atoms with Crippen molar-refractivity contribution < 1.29 is 19.4 Å². The van der Waals surface area contributed by atoms with Crippen molar-refractivity contribution in [2.45, 2.75) is 40.5 Å². The van der Waals surface area contributed by atoms with Gasteiger partial charge in [-0.15, -0.1) is 0 Å². The van der Waals surface area contributed by atoms with Gasteiger partial charge < -0.3 is 15.2 Å². The maximum absolute atomic E-state index is 12.9. The minimum Gasteiger partial charge on any atom is -0.493 e. The normalized spacial score (nSPS) is 25.6. The van der Waals surface area contributed by atoms with Crippen molar-refractivity contribution in [3.8, 4) is 0 Å². The van der Waals surface area contributed by atoms with Crippen molar-refractivity contribution in [1.29, 1.82) is 0 Å². The third kappa shape index (κ3) is 3.09. The number of ether oxygens (including phenoxy) is 1. The molecule has 124 valence electrons. The van der Waals surface area contributed by atoms with Crippen molar-refractivity contribution in [2.75, 3.05) is 20.3 Å². The number of hydrogen-bond acceptors (Lipinski definition) is 5. The van der Waals surface area contributed by atoms with Gasteiger partial charge in [-0.2, -0.15) is 0 Å². The number of allylic oxidation sites excluding steroid dienone is 3. The summed E-state index contributed by atoms with van der Waals surface area (Å²) in [5, 5.41) is 11.8. The number of rotatable bonds is 7. The molecule has 0 fully saturated rings. The lowest BCUT2D eigenvalue weighted by molar-refractivity contribution is -0.138. The average molecular weight is 309 g/mol. The molecule has 0 radical (unpaired) electrons. The highest BCUT2D eigenvalue weighted by Gasteiger charge is 2.49. The summed E-state index contributed by atoms with van der Waals surface area (Å²) < 4.78 is 5.38. The van der Waals surface area contributed by atoms with E-state index in [0.29, 0.717) is 24.1 Å². The van der Waals surface area contributed by atoms with Gasteiger partial charge in [-0.3, -0.25) is 9.59 Å². The van der Waals surface area contributed by atoms with E-state index in [4.69, 9.17) is 9.84 Å². The first-order valence-electron chi connectivity index (χ1n) is 7.81. The van der Waals surface area contributed by atoms with Crippen LogP contribution in [0.3, 0.4) is 0 Å². The molecule has 2 atom stereocenters. The number of carbonyl (C=O) groups is 2. The zero-order valence-electron chi connectivity index (χ0n) is 14.2. The number of Topliss-reactive ketones (excluding diaryl/α,β-unsaturated/α-hetero) is 2. The quantitative estimate of drug-likeness (QED) is 0.427. The van der Waals surface area contributed by atoms with Gasteiger partial charge in [0.2, 0.25) is 5.78 Å². The van der Waals surface area contributed by atoms with Crippen LogP contribution in [-0.4, -0.2) is 36.9 Å². The summed E-state index contributed by atoms with van der Waals surface area (Å²) in [7, 11) is 1.47. The molecule has 0 unspecified atom stereocenters. The average Bonchev–Trinajstić information content (AvgIpc) is 2.53. The number of carbonyl (C=O) groups excluding carboxylic acids is 2. The predicted molar refractivity (Wildman–Crippen MR) is 85.1 cm³/mol. The molecule has 0 aromatic rings. The van der Waals surface area contributed by atoms with E-state index in [1.165, 1.54) is 7.11 Å². The van der Waals surface area contributed by atoms with Crippen molar-refractivity contribution in [3.63, 3.8) is 0 Å². The Morgan fingerprint density at radius 1 is 1.32 bits per heavy atom. The van der Waals surface area contributed by atoms with Crippen molar-refractivity contribution in [1.82, 2.24) is 5.32 Å². The molecular weight excluding hydrogens is 282 g/mol. The van der Waals surface area contributed by atoms with Crippen LogP contribution in [0.4, 0.5) is 0 Å². The summed E-state index contributed by atoms with van der Waals surface area (Å²) in [5.74, 6) is -0.0968. The molecule has 22 heavy (non-hydrogen) atoms. The Labute approximate surface area is 132 Å². The highest BCUT2D eigenvalue weighted by molar-refractivity contribution is 6.24. The van der Waals surface area contributed by atoms with Gasteiger partial charge in [-0.05, 0) is 25.7 Å². The van der Waals surface area contributed by atoms with Crippen LogP contribution in [-0.2, 0) is 14.3 Å². The van der Waals surface area contributed by atoms with Crippen LogP contribution >= 0.6 is 0 Å². The third-order valence-electron chi connectivity index (χ3n) is 4.51. The van der Waals surface area contributed by atoms with Gasteiger partial charge in [-0.25, -0.2) is 0 Å². The molecule has 0 aromatic carbocycles. The number of hydrogen-bond donors (Lipinski definition) is 2. The molecule has 0 aromatic heterocycles. The summed E-state index contributed by atoms with van der Waals surface area (Å²) in [6.45, 7) is 7.81. The zero-order chi connectivity index (χ0) is 16.9. The topological polar surface area (TPSA) is 75.6 Å². The Morgan fingerprint density at radius 3 is 2.41 bits per heavy atom. The standard InChI is InChI=1S/C17H27NO4/c1-6-11(3)13-12(10-18-8-9-19)15(20)17(4,7-2)16(21)14(13)22-5/h10-11,18-19H,6-9H2,1-5H3/b12-10-/t11-,17+/m0/s1. The van der Waals surface area contributed by atoms with Gasteiger partial charge in [0.05, 0.1) is 19.1 Å². The van der Waals surface area contributed by atoms with E-state index in [1.807, 2.05) is 20.8 Å². The van der Waals surface area contributed by atoms with Crippen LogP contribution < -0.4 is 5.32 Å². The van der Waals surface area contributed by atoms with E-state index in [1.54, 1.807) is 13.1 Å². The fraction of sp³-hybridized carbons (Fsp3) is 0.647. The first-order chi connectivity index (χ1) is 10.4. The predicted octanol–water partition coefficient (Wildman–Crippen LogP) is 1.97. The Kier molecular flexibility index (Phi) is 6.35. The van der Waals surface area contributed by atoms with Gasteiger partial charge in [0.1, 0.15) is 0 Å².